The average molecular weight is 520 g/mol. The van der Waals surface area contributed by atoms with Crippen molar-refractivity contribution >= 4 is 52.5 Å². The molecular formula is C24H27Cl2N5O2S. The van der Waals surface area contributed by atoms with Gasteiger partial charge in [-0.2, -0.15) is 0 Å². The third-order valence-corrected chi connectivity index (χ3v) is 7.17. The predicted octanol–water partition coefficient (Wildman–Crippen LogP) is 5.31. The van der Waals surface area contributed by atoms with Gasteiger partial charge in [0, 0.05) is 30.8 Å². The van der Waals surface area contributed by atoms with E-state index >= 15 is 0 Å². The minimum absolute atomic E-state index is 0.102. The maximum Gasteiger partial charge on any atom is 0.251 e. The third-order valence-electron chi connectivity index (χ3n) is 5.35. The molecular weight excluding hydrogens is 493 g/mol. The summed E-state index contributed by atoms with van der Waals surface area (Å²) in [4.78, 5) is 25.1. The number of amides is 2. The van der Waals surface area contributed by atoms with Crippen LogP contribution >= 0.6 is 35.0 Å². The van der Waals surface area contributed by atoms with Gasteiger partial charge in [0.05, 0.1) is 15.3 Å². The minimum Gasteiger partial charge on any atom is -0.352 e. The van der Waals surface area contributed by atoms with Gasteiger partial charge in [-0.3, -0.25) is 9.59 Å². The largest absolute Gasteiger partial charge is 0.352 e. The van der Waals surface area contributed by atoms with Gasteiger partial charge >= 0.3 is 0 Å². The van der Waals surface area contributed by atoms with E-state index in [9.17, 15) is 9.59 Å². The van der Waals surface area contributed by atoms with Crippen molar-refractivity contribution in [3.63, 3.8) is 0 Å². The number of aromatic nitrogens is 3. The summed E-state index contributed by atoms with van der Waals surface area (Å²) >= 11 is 13.2. The van der Waals surface area contributed by atoms with E-state index in [-0.39, 0.29) is 17.1 Å². The zero-order valence-electron chi connectivity index (χ0n) is 19.5. The van der Waals surface area contributed by atoms with E-state index in [2.05, 4.69) is 20.8 Å². The first-order valence-corrected chi connectivity index (χ1v) is 12.5. The van der Waals surface area contributed by atoms with Crippen LogP contribution in [0.25, 0.3) is 0 Å². The van der Waals surface area contributed by atoms with Crippen LogP contribution in [0.1, 0.15) is 41.2 Å². The molecule has 0 radical (unpaired) electrons. The summed E-state index contributed by atoms with van der Waals surface area (Å²) in [5.74, 6) is 0.392. The first kappa shape index (κ1) is 26.1. The van der Waals surface area contributed by atoms with Gasteiger partial charge in [0.2, 0.25) is 5.91 Å². The molecule has 10 heteroatoms. The van der Waals surface area contributed by atoms with Crippen LogP contribution in [0, 0.1) is 13.8 Å². The summed E-state index contributed by atoms with van der Waals surface area (Å²) in [7, 11) is 0. The molecule has 1 unspecified atom stereocenters. The van der Waals surface area contributed by atoms with Crippen LogP contribution in [0.2, 0.25) is 10.0 Å². The van der Waals surface area contributed by atoms with Gasteiger partial charge in [-0.05, 0) is 69.2 Å². The van der Waals surface area contributed by atoms with Crippen LogP contribution in [-0.4, -0.2) is 38.4 Å². The van der Waals surface area contributed by atoms with Gasteiger partial charge in [-0.1, -0.05) is 41.0 Å². The monoisotopic (exact) mass is 519 g/mol. The molecule has 0 saturated heterocycles. The van der Waals surface area contributed by atoms with E-state index in [1.54, 1.807) is 12.1 Å². The highest BCUT2D eigenvalue weighted by atomic mass is 35.5. The van der Waals surface area contributed by atoms with E-state index in [0.29, 0.717) is 40.3 Å². The van der Waals surface area contributed by atoms with E-state index in [0.717, 1.165) is 17.1 Å². The first-order chi connectivity index (χ1) is 16.2. The van der Waals surface area contributed by atoms with Crippen LogP contribution in [-0.2, 0) is 17.8 Å². The average Bonchev–Trinajstić information content (AvgIpc) is 3.19. The molecule has 2 aromatic carbocycles. The van der Waals surface area contributed by atoms with Gasteiger partial charge in [0.15, 0.2) is 5.16 Å². The van der Waals surface area contributed by atoms with Crippen LogP contribution in [0.5, 0.6) is 0 Å². The molecule has 0 fully saturated rings. The lowest BCUT2D eigenvalue weighted by Gasteiger charge is -2.13. The molecule has 0 bridgehead atoms. The van der Waals surface area contributed by atoms with Crippen molar-refractivity contribution < 1.29 is 9.59 Å². The lowest BCUT2D eigenvalue weighted by atomic mass is 10.1. The summed E-state index contributed by atoms with van der Waals surface area (Å²) < 4.78 is 1.95. The van der Waals surface area contributed by atoms with Gasteiger partial charge in [-0.25, -0.2) is 0 Å². The summed E-state index contributed by atoms with van der Waals surface area (Å²) in [6.07, 6.45) is 0.498. The SMILES string of the molecule is CCn1c(CCNC(=O)c2ccc(Cl)c(Cl)c2)nnc1SC(C)C(=O)Nc1ccc(C)c(C)c1. The van der Waals surface area contributed by atoms with Crippen LogP contribution in [0.3, 0.4) is 0 Å². The molecule has 3 aromatic rings. The smallest absolute Gasteiger partial charge is 0.251 e. The zero-order chi connectivity index (χ0) is 24.8. The molecule has 0 saturated carbocycles. The number of aryl methyl sites for hydroxylation is 2. The molecule has 7 nitrogen and oxygen atoms in total. The second-order valence-corrected chi connectivity index (χ2v) is 9.95. The van der Waals surface area contributed by atoms with Crippen molar-refractivity contribution in [3.05, 3.63) is 69.0 Å². The third kappa shape index (κ3) is 6.52. The lowest BCUT2D eigenvalue weighted by molar-refractivity contribution is -0.115. The fourth-order valence-corrected chi connectivity index (χ4v) is 4.44. The number of benzene rings is 2. The zero-order valence-corrected chi connectivity index (χ0v) is 21.8. The van der Waals surface area contributed by atoms with E-state index in [4.69, 9.17) is 23.2 Å². The Kier molecular flexibility index (Phi) is 8.99. The van der Waals surface area contributed by atoms with Crippen molar-refractivity contribution in [2.45, 2.75) is 51.1 Å². The van der Waals surface area contributed by atoms with Crippen LogP contribution in [0.15, 0.2) is 41.6 Å². The fourth-order valence-electron chi connectivity index (χ4n) is 3.21. The quantitative estimate of drug-likeness (QED) is 0.373. The number of nitrogens with one attached hydrogen (secondary N) is 2. The molecule has 1 heterocycles. The molecule has 1 atom stereocenters. The van der Waals surface area contributed by atoms with Crippen molar-refractivity contribution in [2.24, 2.45) is 0 Å². The Morgan fingerprint density at radius 1 is 1.06 bits per heavy atom. The van der Waals surface area contributed by atoms with Crippen molar-refractivity contribution in [2.75, 3.05) is 11.9 Å². The number of nitrogens with zero attached hydrogens (tertiary/aromatic N) is 3. The number of hydrogen-bond donors (Lipinski definition) is 2. The highest BCUT2D eigenvalue weighted by molar-refractivity contribution is 8.00. The van der Waals surface area contributed by atoms with Crippen LogP contribution < -0.4 is 10.6 Å². The predicted molar refractivity (Wildman–Crippen MR) is 138 cm³/mol. The summed E-state index contributed by atoms with van der Waals surface area (Å²) in [5, 5.41) is 15.4. The Labute approximate surface area is 213 Å². The summed E-state index contributed by atoms with van der Waals surface area (Å²) in [6.45, 7) is 8.91. The first-order valence-electron chi connectivity index (χ1n) is 10.9. The Balaban J connectivity index is 1.57. The molecule has 34 heavy (non-hydrogen) atoms. The highest BCUT2D eigenvalue weighted by Crippen LogP contribution is 2.25. The Bertz CT molecular complexity index is 1200. The van der Waals surface area contributed by atoms with Crippen molar-refractivity contribution in [1.29, 1.82) is 0 Å². The topological polar surface area (TPSA) is 88.9 Å². The fraction of sp³-hybridized carbons (Fsp3) is 0.333. The molecule has 0 aliphatic carbocycles. The lowest BCUT2D eigenvalue weighted by Crippen LogP contribution is -2.26. The van der Waals surface area contributed by atoms with Crippen LogP contribution in [0.4, 0.5) is 5.69 Å². The normalized spacial score (nSPS) is 11.8. The second kappa shape index (κ2) is 11.7. The number of carbonyl (C=O) groups is 2. The van der Waals surface area contributed by atoms with E-state index in [1.807, 2.05) is 50.5 Å². The number of anilines is 1. The van der Waals surface area contributed by atoms with E-state index < -0.39 is 0 Å². The Morgan fingerprint density at radius 2 is 1.82 bits per heavy atom. The number of halogens is 2. The van der Waals surface area contributed by atoms with Gasteiger partial charge in [0.1, 0.15) is 5.82 Å². The molecule has 2 N–H and O–H groups in total. The number of rotatable bonds is 9. The van der Waals surface area contributed by atoms with Gasteiger partial charge < -0.3 is 15.2 Å². The van der Waals surface area contributed by atoms with Gasteiger partial charge in [0.25, 0.3) is 5.91 Å². The molecule has 2 amide bonds. The summed E-state index contributed by atoms with van der Waals surface area (Å²) in [5.41, 5.74) is 3.51. The number of carbonyl (C=O) groups excluding carboxylic acids is 2. The molecule has 3 rings (SSSR count). The number of thioether (sulfide) groups is 1. The number of hydrogen-bond acceptors (Lipinski definition) is 5. The Morgan fingerprint density at radius 3 is 2.50 bits per heavy atom. The maximum absolute atomic E-state index is 12.7. The second-order valence-electron chi connectivity index (χ2n) is 7.83. The Hall–Kier alpha value is -2.55. The molecule has 0 aliphatic heterocycles. The molecule has 0 spiro atoms. The van der Waals surface area contributed by atoms with E-state index in [1.165, 1.54) is 23.4 Å². The molecule has 180 valence electrons. The van der Waals surface area contributed by atoms with Crippen molar-refractivity contribution in [1.82, 2.24) is 20.1 Å². The maximum atomic E-state index is 12.7. The highest BCUT2D eigenvalue weighted by Gasteiger charge is 2.20. The van der Waals surface area contributed by atoms with Crippen molar-refractivity contribution in [3.8, 4) is 0 Å². The summed E-state index contributed by atoms with van der Waals surface area (Å²) in [6, 6.07) is 10.6. The molecule has 0 aliphatic rings. The molecule has 1 aromatic heterocycles. The minimum atomic E-state index is -0.363. The standard InChI is InChI=1S/C24H27Cl2N5O2S/c1-5-31-21(10-11-27-23(33)17-7-9-19(25)20(26)13-17)29-30-24(31)34-16(4)22(32)28-18-8-6-14(2)15(3)12-18/h6-9,12-13,16H,5,10-11H2,1-4H3,(H,27,33)(H,28,32). The van der Waals surface area contributed by atoms with Gasteiger partial charge in [-0.15, -0.1) is 10.2 Å².